The molecular weight excluding hydrogens is 385 g/mol. The molecule has 0 spiro atoms. The first-order valence-electron chi connectivity index (χ1n) is 8.54. The highest BCUT2D eigenvalue weighted by molar-refractivity contribution is 5.98. The Morgan fingerprint density at radius 2 is 1.97 bits per heavy atom. The summed E-state index contributed by atoms with van der Waals surface area (Å²) in [5.41, 5.74) is 1.28. The summed E-state index contributed by atoms with van der Waals surface area (Å²) in [6, 6.07) is 8.20. The number of halogens is 3. The van der Waals surface area contributed by atoms with E-state index in [-0.39, 0.29) is 5.56 Å². The van der Waals surface area contributed by atoms with Gasteiger partial charge in [-0.3, -0.25) is 4.68 Å². The summed E-state index contributed by atoms with van der Waals surface area (Å²) in [6.07, 6.45) is -0.854. The van der Waals surface area contributed by atoms with Crippen LogP contribution in [0.1, 0.15) is 15.9 Å². The maximum absolute atomic E-state index is 13.7. The molecule has 0 bridgehead atoms. The molecular formula is C20H15F3N4O2. The molecule has 1 N–H and O–H groups in total. The van der Waals surface area contributed by atoms with Crippen molar-refractivity contribution in [2.75, 3.05) is 7.11 Å². The first-order chi connectivity index (χ1) is 13.8. The third-order valence-corrected chi connectivity index (χ3v) is 4.55. The molecule has 9 heteroatoms. The van der Waals surface area contributed by atoms with E-state index < -0.39 is 17.7 Å². The van der Waals surface area contributed by atoms with E-state index in [1.165, 1.54) is 24.2 Å². The van der Waals surface area contributed by atoms with Crippen LogP contribution in [0.2, 0.25) is 0 Å². The van der Waals surface area contributed by atoms with Gasteiger partial charge in [0.15, 0.2) is 0 Å². The molecule has 3 aromatic heterocycles. The maximum atomic E-state index is 13.7. The van der Waals surface area contributed by atoms with Gasteiger partial charge in [-0.25, -0.2) is 9.78 Å². The van der Waals surface area contributed by atoms with Gasteiger partial charge in [0, 0.05) is 41.6 Å². The summed E-state index contributed by atoms with van der Waals surface area (Å²) in [7, 11) is 2.91. The number of carbonyl (C=O) groups is 1. The van der Waals surface area contributed by atoms with E-state index in [2.05, 4.69) is 15.1 Å². The average Bonchev–Trinajstić information content (AvgIpc) is 3.32. The third-order valence-electron chi connectivity index (χ3n) is 4.55. The summed E-state index contributed by atoms with van der Waals surface area (Å²) < 4.78 is 47.1. The minimum atomic E-state index is -4.57. The van der Waals surface area contributed by atoms with Crippen molar-refractivity contribution in [2.24, 2.45) is 7.05 Å². The highest BCUT2D eigenvalue weighted by atomic mass is 19.4. The number of aromatic amines is 1. The second-order valence-corrected chi connectivity index (χ2v) is 6.46. The van der Waals surface area contributed by atoms with Gasteiger partial charge in [0.1, 0.15) is 5.65 Å². The summed E-state index contributed by atoms with van der Waals surface area (Å²) in [4.78, 5) is 18.8. The molecule has 0 unspecified atom stereocenters. The SMILES string of the molecule is COC(=O)c1cccc(-c2cc3c(-c4cnn(C)c4)c(C(F)(F)F)cnc3[nH]2)c1. The molecule has 29 heavy (non-hydrogen) atoms. The van der Waals surface area contributed by atoms with Gasteiger partial charge in [-0.15, -0.1) is 0 Å². The van der Waals surface area contributed by atoms with E-state index in [1.807, 2.05) is 0 Å². The van der Waals surface area contributed by atoms with Crippen LogP contribution in [0.15, 0.2) is 48.9 Å². The van der Waals surface area contributed by atoms with Crippen molar-refractivity contribution in [3.05, 3.63) is 60.0 Å². The lowest BCUT2D eigenvalue weighted by Gasteiger charge is -2.12. The fraction of sp³-hybridized carbons (Fsp3) is 0.150. The third kappa shape index (κ3) is 3.35. The first kappa shape index (κ1) is 18.7. The lowest BCUT2D eigenvalue weighted by atomic mass is 10.00. The molecule has 3 heterocycles. The van der Waals surface area contributed by atoms with Gasteiger partial charge >= 0.3 is 12.1 Å². The number of nitrogens with one attached hydrogen (secondary N) is 1. The molecule has 4 rings (SSSR count). The Labute approximate surface area is 162 Å². The number of carbonyl (C=O) groups excluding carboxylic acids is 1. The molecule has 4 aromatic rings. The number of hydrogen-bond acceptors (Lipinski definition) is 4. The molecule has 6 nitrogen and oxygen atoms in total. The van der Waals surface area contributed by atoms with Crippen molar-refractivity contribution in [2.45, 2.75) is 6.18 Å². The van der Waals surface area contributed by atoms with Crippen LogP contribution < -0.4 is 0 Å². The van der Waals surface area contributed by atoms with Crippen LogP contribution in [0.25, 0.3) is 33.4 Å². The molecule has 148 valence electrons. The van der Waals surface area contributed by atoms with Crippen LogP contribution in [-0.2, 0) is 18.0 Å². The number of alkyl halides is 3. The number of hydrogen-bond donors (Lipinski definition) is 1. The summed E-state index contributed by atoms with van der Waals surface area (Å²) in [5.74, 6) is -0.503. The standard InChI is InChI=1S/C20H15F3N4O2/c1-27-10-13(8-25-27)17-14-7-16(11-4-3-5-12(6-11)19(28)29-2)26-18(14)24-9-15(17)20(21,22)23/h3-10H,1-2H3,(H,24,26). The number of H-pyrrole nitrogens is 1. The van der Waals surface area contributed by atoms with E-state index >= 15 is 0 Å². The Morgan fingerprint density at radius 3 is 2.62 bits per heavy atom. The molecule has 0 fully saturated rings. The minimum absolute atomic E-state index is 0.00206. The normalized spacial score (nSPS) is 11.8. The number of ether oxygens (including phenoxy) is 1. The predicted molar refractivity (Wildman–Crippen MR) is 100 cm³/mol. The van der Waals surface area contributed by atoms with Crippen molar-refractivity contribution in [3.8, 4) is 22.4 Å². The first-order valence-corrected chi connectivity index (χ1v) is 8.54. The predicted octanol–water partition coefficient (Wildman–Crippen LogP) is 4.44. The Balaban J connectivity index is 1.94. The average molecular weight is 400 g/mol. The maximum Gasteiger partial charge on any atom is 0.418 e. The van der Waals surface area contributed by atoms with Gasteiger partial charge in [0.05, 0.1) is 24.4 Å². The molecule has 0 aliphatic carbocycles. The zero-order chi connectivity index (χ0) is 20.8. The second-order valence-electron chi connectivity index (χ2n) is 6.46. The number of rotatable bonds is 3. The van der Waals surface area contributed by atoms with Crippen molar-refractivity contribution in [3.63, 3.8) is 0 Å². The number of nitrogens with zero attached hydrogens (tertiary/aromatic N) is 3. The molecule has 0 aliphatic heterocycles. The Hall–Kier alpha value is -3.62. The Bertz CT molecular complexity index is 1220. The fourth-order valence-electron chi connectivity index (χ4n) is 3.24. The van der Waals surface area contributed by atoms with Crippen molar-refractivity contribution < 1.29 is 22.7 Å². The number of fused-ring (bicyclic) bond motifs is 1. The molecule has 0 atom stereocenters. The lowest BCUT2D eigenvalue weighted by Crippen LogP contribution is -2.08. The number of benzene rings is 1. The van der Waals surface area contributed by atoms with E-state index in [4.69, 9.17) is 4.74 Å². The van der Waals surface area contributed by atoms with Gasteiger partial charge in [-0.2, -0.15) is 18.3 Å². The summed E-state index contributed by atoms with van der Waals surface area (Å²) >= 11 is 0. The van der Waals surface area contributed by atoms with Crippen molar-refractivity contribution in [1.82, 2.24) is 19.7 Å². The summed E-state index contributed by atoms with van der Waals surface area (Å²) in [5, 5.41) is 4.31. The van der Waals surface area contributed by atoms with E-state index in [1.54, 1.807) is 37.4 Å². The number of pyridine rings is 1. The van der Waals surface area contributed by atoms with Crippen molar-refractivity contribution in [1.29, 1.82) is 0 Å². The fourth-order valence-corrected chi connectivity index (χ4v) is 3.24. The zero-order valence-corrected chi connectivity index (χ0v) is 15.4. The largest absolute Gasteiger partial charge is 0.465 e. The minimum Gasteiger partial charge on any atom is -0.465 e. The van der Waals surface area contributed by atoms with Crippen molar-refractivity contribution >= 4 is 17.0 Å². The quantitative estimate of drug-likeness (QED) is 0.516. The number of methoxy groups -OCH3 is 1. The van der Waals surface area contributed by atoms with E-state index in [0.717, 1.165) is 6.20 Å². The molecule has 0 radical (unpaired) electrons. The van der Waals surface area contributed by atoms with Crippen LogP contribution in [0.3, 0.4) is 0 Å². The molecule has 0 saturated heterocycles. The van der Waals surface area contributed by atoms with Crippen LogP contribution in [0.4, 0.5) is 13.2 Å². The van der Waals surface area contributed by atoms with Crippen LogP contribution in [0, 0.1) is 0 Å². The number of aromatic nitrogens is 4. The summed E-state index contributed by atoms with van der Waals surface area (Å²) in [6.45, 7) is 0. The number of aryl methyl sites for hydroxylation is 1. The monoisotopic (exact) mass is 400 g/mol. The molecule has 0 aliphatic rings. The van der Waals surface area contributed by atoms with Crippen LogP contribution in [-0.4, -0.2) is 32.8 Å². The highest BCUT2D eigenvalue weighted by Crippen LogP contribution is 2.41. The van der Waals surface area contributed by atoms with E-state index in [9.17, 15) is 18.0 Å². The topological polar surface area (TPSA) is 72.8 Å². The van der Waals surface area contributed by atoms with Gasteiger partial charge < -0.3 is 9.72 Å². The second kappa shape index (κ2) is 6.77. The van der Waals surface area contributed by atoms with Gasteiger partial charge in [0.25, 0.3) is 0 Å². The Morgan fingerprint density at radius 1 is 1.17 bits per heavy atom. The zero-order valence-electron chi connectivity index (χ0n) is 15.4. The van der Waals surface area contributed by atoms with Crippen LogP contribution >= 0.6 is 0 Å². The molecule has 0 amide bonds. The van der Waals surface area contributed by atoms with E-state index in [0.29, 0.717) is 33.4 Å². The lowest BCUT2D eigenvalue weighted by molar-refractivity contribution is -0.137. The smallest absolute Gasteiger partial charge is 0.418 e. The van der Waals surface area contributed by atoms with Gasteiger partial charge in [-0.05, 0) is 23.8 Å². The van der Waals surface area contributed by atoms with Gasteiger partial charge in [-0.1, -0.05) is 12.1 Å². The van der Waals surface area contributed by atoms with Crippen LogP contribution in [0.5, 0.6) is 0 Å². The highest BCUT2D eigenvalue weighted by Gasteiger charge is 2.36. The Kier molecular flexibility index (Phi) is 4.37. The molecule has 1 aromatic carbocycles. The van der Waals surface area contributed by atoms with Gasteiger partial charge in [0.2, 0.25) is 0 Å². The molecule has 0 saturated carbocycles. The number of esters is 1.